The second-order valence-corrected chi connectivity index (χ2v) is 5.48. The standard InChI is InChI=1S/C18H10F2N2/c19-21-15-7-3-1-5-11(15)13-9-14-12-6-2-4-8-16(12)22(20)18(14)10-17(13)21/h1-10H. The normalized spacial score (nSPS) is 12.1. The van der Waals surface area contributed by atoms with Gasteiger partial charge in [-0.05, 0) is 24.3 Å². The Morgan fingerprint density at radius 2 is 0.955 bits per heavy atom. The molecule has 5 rings (SSSR count). The lowest BCUT2D eigenvalue weighted by molar-refractivity contribution is 0.401. The van der Waals surface area contributed by atoms with Crippen LogP contribution in [0.5, 0.6) is 0 Å². The molecule has 0 aliphatic carbocycles. The van der Waals surface area contributed by atoms with Gasteiger partial charge in [0.15, 0.2) is 0 Å². The number of hydrogen-bond donors (Lipinski definition) is 0. The average Bonchev–Trinajstić information content (AvgIpc) is 3.01. The van der Waals surface area contributed by atoms with Gasteiger partial charge in [-0.2, -0.15) is 9.58 Å². The molecule has 0 saturated carbocycles. The average molecular weight is 292 g/mol. The van der Waals surface area contributed by atoms with E-state index in [9.17, 15) is 8.96 Å². The molecule has 106 valence electrons. The van der Waals surface area contributed by atoms with E-state index in [0.717, 1.165) is 21.5 Å². The van der Waals surface area contributed by atoms with Crippen molar-refractivity contribution in [1.82, 2.24) is 9.58 Å². The largest absolute Gasteiger partial charge is 0.178 e. The van der Waals surface area contributed by atoms with Crippen LogP contribution in [0.1, 0.15) is 0 Å². The first-order valence-corrected chi connectivity index (χ1v) is 7.04. The Bertz CT molecular complexity index is 1110. The fourth-order valence-corrected chi connectivity index (χ4v) is 3.34. The van der Waals surface area contributed by atoms with Crippen molar-refractivity contribution in [1.29, 1.82) is 0 Å². The van der Waals surface area contributed by atoms with Crippen LogP contribution in [0.25, 0.3) is 43.6 Å². The molecule has 0 bridgehead atoms. The molecule has 0 unspecified atom stereocenters. The lowest BCUT2D eigenvalue weighted by Crippen LogP contribution is -1.83. The molecule has 22 heavy (non-hydrogen) atoms. The minimum Gasteiger partial charge on any atom is -0.178 e. The molecule has 0 spiro atoms. The van der Waals surface area contributed by atoms with E-state index in [1.165, 1.54) is 0 Å². The third-order valence-corrected chi connectivity index (χ3v) is 4.35. The van der Waals surface area contributed by atoms with Gasteiger partial charge in [0.05, 0.1) is 22.1 Å². The summed E-state index contributed by atoms with van der Waals surface area (Å²) in [5.74, 6) is 0. The van der Waals surface area contributed by atoms with Crippen LogP contribution in [0, 0.1) is 0 Å². The van der Waals surface area contributed by atoms with Crippen molar-refractivity contribution in [3.63, 3.8) is 0 Å². The van der Waals surface area contributed by atoms with E-state index in [1.807, 2.05) is 30.3 Å². The molecule has 5 aromatic rings. The number of hydrogen-bond acceptors (Lipinski definition) is 0. The Hall–Kier alpha value is -2.88. The Balaban J connectivity index is 2.11. The topological polar surface area (TPSA) is 9.86 Å². The minimum absolute atomic E-state index is 0.385. The molecular weight excluding hydrogens is 282 g/mol. The smallest absolute Gasteiger partial charge is 0.0848 e. The maximum atomic E-state index is 14.5. The molecule has 2 aromatic heterocycles. The third kappa shape index (κ3) is 1.27. The summed E-state index contributed by atoms with van der Waals surface area (Å²) >= 11 is 0. The number of para-hydroxylation sites is 2. The Labute approximate surface area is 123 Å². The van der Waals surface area contributed by atoms with Crippen LogP contribution in [0.3, 0.4) is 0 Å². The summed E-state index contributed by atoms with van der Waals surface area (Å²) in [4.78, 5) is 1.25. The Kier molecular flexibility index (Phi) is 2.06. The summed E-state index contributed by atoms with van der Waals surface area (Å²) in [5, 5.41) is 3.25. The van der Waals surface area contributed by atoms with Gasteiger partial charge in [0, 0.05) is 21.5 Å². The second kappa shape index (κ2) is 3.85. The quantitative estimate of drug-likeness (QED) is 0.363. The monoisotopic (exact) mass is 292 g/mol. The molecule has 0 atom stereocenters. The predicted octanol–water partition coefficient (Wildman–Crippen LogP) is 5.37. The van der Waals surface area contributed by atoms with Crippen LogP contribution >= 0.6 is 0 Å². The zero-order chi connectivity index (χ0) is 14.8. The van der Waals surface area contributed by atoms with E-state index in [4.69, 9.17) is 0 Å². The molecule has 4 heteroatoms. The second-order valence-electron chi connectivity index (χ2n) is 5.48. The highest BCUT2D eigenvalue weighted by atomic mass is 19.2. The maximum absolute atomic E-state index is 14.5. The summed E-state index contributed by atoms with van der Waals surface area (Å²) in [6, 6.07) is 18.0. The number of halogens is 2. The number of fused-ring (bicyclic) bond motifs is 6. The molecule has 3 aromatic carbocycles. The van der Waals surface area contributed by atoms with Crippen LogP contribution in [-0.2, 0) is 0 Å². The van der Waals surface area contributed by atoms with Gasteiger partial charge < -0.3 is 0 Å². The van der Waals surface area contributed by atoms with Crippen molar-refractivity contribution in [3.05, 3.63) is 60.7 Å². The van der Waals surface area contributed by atoms with Crippen LogP contribution in [-0.4, -0.2) is 9.58 Å². The van der Waals surface area contributed by atoms with Gasteiger partial charge in [0.1, 0.15) is 0 Å². The van der Waals surface area contributed by atoms with Crippen molar-refractivity contribution < 1.29 is 8.96 Å². The van der Waals surface area contributed by atoms with Crippen LogP contribution in [0.2, 0.25) is 0 Å². The van der Waals surface area contributed by atoms with Gasteiger partial charge in [-0.3, -0.25) is 0 Å². The summed E-state index contributed by atoms with van der Waals surface area (Å²) in [6.45, 7) is 0. The fourth-order valence-electron chi connectivity index (χ4n) is 3.34. The van der Waals surface area contributed by atoms with Crippen LogP contribution < -0.4 is 0 Å². The summed E-state index contributed by atoms with van der Waals surface area (Å²) in [6.07, 6.45) is 0. The molecule has 0 N–H and O–H groups in total. The number of nitrogens with zero attached hydrogens (tertiary/aromatic N) is 2. The SMILES string of the molecule is Fn1c2ccccc2c2cc3c4ccccc4n(F)c3cc21. The van der Waals surface area contributed by atoms with E-state index < -0.39 is 0 Å². The molecule has 0 amide bonds. The van der Waals surface area contributed by atoms with E-state index >= 15 is 0 Å². The molecule has 0 aliphatic rings. The van der Waals surface area contributed by atoms with Crippen LogP contribution in [0.4, 0.5) is 8.96 Å². The summed E-state index contributed by atoms with van der Waals surface area (Å²) < 4.78 is 29.1. The van der Waals surface area contributed by atoms with Crippen LogP contribution in [0.15, 0.2) is 60.7 Å². The van der Waals surface area contributed by atoms with E-state index in [0.29, 0.717) is 31.6 Å². The van der Waals surface area contributed by atoms with Gasteiger partial charge in [0.25, 0.3) is 0 Å². The van der Waals surface area contributed by atoms with Gasteiger partial charge in [-0.25, -0.2) is 0 Å². The number of rotatable bonds is 0. The molecule has 0 radical (unpaired) electrons. The first-order valence-electron chi connectivity index (χ1n) is 7.04. The molecule has 0 fully saturated rings. The number of aromatic nitrogens is 2. The van der Waals surface area contributed by atoms with Gasteiger partial charge in [-0.1, -0.05) is 45.4 Å². The Morgan fingerprint density at radius 3 is 1.45 bits per heavy atom. The molecule has 0 saturated heterocycles. The highest BCUT2D eigenvalue weighted by Crippen LogP contribution is 2.36. The van der Waals surface area contributed by atoms with Crippen molar-refractivity contribution in [2.24, 2.45) is 0 Å². The molecule has 0 aliphatic heterocycles. The summed E-state index contributed by atoms with van der Waals surface area (Å²) in [5.41, 5.74) is 1.77. The number of benzene rings is 3. The molecular formula is C18H10F2N2. The summed E-state index contributed by atoms with van der Waals surface area (Å²) in [7, 11) is 0. The maximum Gasteiger partial charge on any atom is 0.0848 e. The first-order chi connectivity index (χ1) is 10.8. The van der Waals surface area contributed by atoms with E-state index in [-0.39, 0.29) is 0 Å². The van der Waals surface area contributed by atoms with E-state index in [1.54, 1.807) is 30.3 Å². The van der Waals surface area contributed by atoms with Crippen molar-refractivity contribution in [2.75, 3.05) is 0 Å². The van der Waals surface area contributed by atoms with Gasteiger partial charge >= 0.3 is 0 Å². The molecule has 2 nitrogen and oxygen atoms in total. The first kappa shape index (κ1) is 11.7. The lowest BCUT2D eigenvalue weighted by Gasteiger charge is -1.96. The minimum atomic E-state index is 0.385. The predicted molar refractivity (Wildman–Crippen MR) is 85.5 cm³/mol. The fraction of sp³-hybridized carbons (Fsp3) is 0. The lowest BCUT2D eigenvalue weighted by atomic mass is 10.1. The van der Waals surface area contributed by atoms with Gasteiger partial charge in [-0.15, -0.1) is 0 Å². The molecule has 2 heterocycles. The van der Waals surface area contributed by atoms with Crippen molar-refractivity contribution in [2.45, 2.75) is 0 Å². The third-order valence-electron chi connectivity index (χ3n) is 4.35. The highest BCUT2D eigenvalue weighted by molar-refractivity contribution is 6.17. The van der Waals surface area contributed by atoms with Crippen molar-refractivity contribution >= 4 is 43.6 Å². The highest BCUT2D eigenvalue weighted by Gasteiger charge is 2.16. The van der Waals surface area contributed by atoms with E-state index in [2.05, 4.69) is 0 Å². The Morgan fingerprint density at radius 1 is 0.500 bits per heavy atom. The zero-order valence-corrected chi connectivity index (χ0v) is 11.4. The van der Waals surface area contributed by atoms with Crippen molar-refractivity contribution in [3.8, 4) is 0 Å². The zero-order valence-electron chi connectivity index (χ0n) is 11.4. The van der Waals surface area contributed by atoms with Gasteiger partial charge in [0.2, 0.25) is 0 Å².